The summed E-state index contributed by atoms with van der Waals surface area (Å²) in [6.07, 6.45) is 0. The summed E-state index contributed by atoms with van der Waals surface area (Å²) in [6.45, 7) is 2.33. The number of carbonyl (C=O) groups is 1. The van der Waals surface area contributed by atoms with Crippen molar-refractivity contribution in [3.8, 4) is 0 Å². The molecule has 3 aromatic rings. The van der Waals surface area contributed by atoms with Gasteiger partial charge in [-0.15, -0.1) is 11.3 Å². The summed E-state index contributed by atoms with van der Waals surface area (Å²) >= 11 is 7.90. The number of benzene rings is 2. The van der Waals surface area contributed by atoms with E-state index in [-0.39, 0.29) is 34.9 Å². The van der Waals surface area contributed by atoms with Crippen molar-refractivity contribution >= 4 is 64.8 Å². The molecule has 6 nitrogen and oxygen atoms in total. The van der Waals surface area contributed by atoms with Gasteiger partial charge in [0.2, 0.25) is 5.91 Å². The van der Waals surface area contributed by atoms with Gasteiger partial charge in [0, 0.05) is 49.7 Å². The molecule has 3 heterocycles. The van der Waals surface area contributed by atoms with E-state index in [2.05, 4.69) is 31.9 Å². The van der Waals surface area contributed by atoms with Gasteiger partial charge in [-0.3, -0.25) is 4.79 Å². The molecular formula is C25H24Br2FN3O3S2. The zero-order valence-corrected chi connectivity index (χ0v) is 24.0. The maximum Gasteiger partial charge on any atom is 0.252 e. The highest BCUT2D eigenvalue weighted by Gasteiger charge is 2.45. The van der Waals surface area contributed by atoms with Gasteiger partial charge in [0.05, 0.1) is 15.4 Å². The Balaban J connectivity index is 1.36. The largest absolute Gasteiger partial charge is 0.366 e. The number of hydrogen-bond acceptors (Lipinski definition) is 5. The van der Waals surface area contributed by atoms with Gasteiger partial charge in [0.15, 0.2) is 0 Å². The number of amides is 1. The number of nitrogens with zero attached hydrogens (tertiary/aromatic N) is 3. The fraction of sp³-hybridized carbons (Fsp3) is 0.320. The Kier molecular flexibility index (Phi) is 7.56. The van der Waals surface area contributed by atoms with Gasteiger partial charge < -0.3 is 9.80 Å². The molecule has 2 atom stereocenters. The van der Waals surface area contributed by atoms with Gasteiger partial charge in [0.25, 0.3) is 10.0 Å². The van der Waals surface area contributed by atoms with Crippen LogP contribution < -0.4 is 4.90 Å². The van der Waals surface area contributed by atoms with E-state index in [0.717, 1.165) is 16.9 Å². The quantitative estimate of drug-likeness (QED) is 0.381. The van der Waals surface area contributed by atoms with E-state index in [9.17, 15) is 17.6 Å². The minimum absolute atomic E-state index is 0.0525. The highest BCUT2D eigenvalue weighted by molar-refractivity contribution is 9.13. The molecule has 1 amide bonds. The predicted molar refractivity (Wildman–Crippen MR) is 146 cm³/mol. The highest BCUT2D eigenvalue weighted by atomic mass is 79.9. The molecule has 0 N–H and O–H groups in total. The van der Waals surface area contributed by atoms with Crippen molar-refractivity contribution in [3.05, 3.63) is 80.3 Å². The standard InChI is InChI=1S/C25H24Br2FN3O3S2/c26-20-14-23(35-24(20)27)36(33,34)31-15-18(17-6-2-1-3-7-17)19(16-31)25(32)30-12-10-29(11-13-30)22-9-5-4-8-21(22)28/h1-9,14,18-19H,10-13,15-16H2/t18-,19+/m0/s1. The van der Waals surface area contributed by atoms with Gasteiger partial charge in [-0.1, -0.05) is 42.5 Å². The maximum atomic E-state index is 14.2. The second-order valence-electron chi connectivity index (χ2n) is 8.90. The molecule has 1 aromatic heterocycles. The molecule has 5 rings (SSSR count). The number of hydrogen-bond donors (Lipinski definition) is 0. The van der Waals surface area contributed by atoms with E-state index < -0.39 is 15.9 Å². The molecule has 0 radical (unpaired) electrons. The van der Waals surface area contributed by atoms with Crippen molar-refractivity contribution < 1.29 is 17.6 Å². The summed E-state index contributed by atoms with van der Waals surface area (Å²) in [6, 6.07) is 17.9. The molecule has 11 heteroatoms. The van der Waals surface area contributed by atoms with Crippen LogP contribution in [0.1, 0.15) is 11.5 Å². The van der Waals surface area contributed by atoms with Crippen LogP contribution >= 0.6 is 43.2 Å². The summed E-state index contributed by atoms with van der Waals surface area (Å²) in [5.41, 5.74) is 1.49. The van der Waals surface area contributed by atoms with Gasteiger partial charge >= 0.3 is 0 Å². The molecule has 2 aliphatic rings. The summed E-state index contributed by atoms with van der Waals surface area (Å²) in [5.74, 6) is -1.06. The number of halogens is 3. The van der Waals surface area contributed by atoms with Crippen LogP contribution in [-0.2, 0) is 14.8 Å². The minimum Gasteiger partial charge on any atom is -0.366 e. The monoisotopic (exact) mass is 655 g/mol. The van der Waals surface area contributed by atoms with E-state index >= 15 is 0 Å². The van der Waals surface area contributed by atoms with Crippen molar-refractivity contribution in [2.45, 2.75) is 10.1 Å². The fourth-order valence-corrected chi connectivity index (χ4v) is 9.41. The van der Waals surface area contributed by atoms with Crippen molar-refractivity contribution in [3.63, 3.8) is 0 Å². The van der Waals surface area contributed by atoms with E-state index in [0.29, 0.717) is 40.1 Å². The molecule has 36 heavy (non-hydrogen) atoms. The molecule has 0 bridgehead atoms. The Bertz CT molecular complexity index is 1340. The van der Waals surface area contributed by atoms with Crippen molar-refractivity contribution in [2.24, 2.45) is 5.92 Å². The second-order valence-corrected chi connectivity index (χ2v) is 14.3. The van der Waals surface area contributed by atoms with E-state index in [4.69, 9.17) is 0 Å². The average molecular weight is 657 g/mol. The molecule has 190 valence electrons. The number of rotatable bonds is 5. The summed E-state index contributed by atoms with van der Waals surface area (Å²) in [7, 11) is -3.76. The summed E-state index contributed by atoms with van der Waals surface area (Å²) < 4.78 is 44.3. The molecule has 2 fully saturated rings. The Labute approximate surface area is 231 Å². The van der Waals surface area contributed by atoms with Gasteiger partial charge in [-0.05, 0) is 55.6 Å². The lowest BCUT2D eigenvalue weighted by Gasteiger charge is -2.38. The lowest BCUT2D eigenvalue weighted by atomic mass is 9.88. The van der Waals surface area contributed by atoms with E-state index in [1.807, 2.05) is 35.2 Å². The summed E-state index contributed by atoms with van der Waals surface area (Å²) in [5, 5.41) is 0. The molecule has 2 aromatic carbocycles. The minimum atomic E-state index is -3.76. The smallest absolute Gasteiger partial charge is 0.252 e. The maximum absolute atomic E-state index is 14.2. The van der Waals surface area contributed by atoms with Crippen LogP contribution in [0.15, 0.2) is 73.1 Å². The average Bonchev–Trinajstić information content (AvgIpc) is 3.49. The Morgan fingerprint density at radius 2 is 1.61 bits per heavy atom. The SMILES string of the molecule is O=C([C@@H]1CN(S(=O)(=O)c2cc(Br)c(Br)s2)C[C@H]1c1ccccc1)N1CCN(c2ccccc2F)CC1. The molecule has 0 aliphatic carbocycles. The van der Waals surface area contributed by atoms with Crippen LogP contribution in [0.2, 0.25) is 0 Å². The zero-order valence-electron chi connectivity index (χ0n) is 19.2. The van der Waals surface area contributed by atoms with Gasteiger partial charge in [-0.25, -0.2) is 12.8 Å². The first-order chi connectivity index (χ1) is 17.3. The van der Waals surface area contributed by atoms with Crippen molar-refractivity contribution in [1.29, 1.82) is 0 Å². The Morgan fingerprint density at radius 3 is 2.25 bits per heavy atom. The third kappa shape index (κ3) is 5.00. The molecule has 2 aliphatic heterocycles. The van der Waals surface area contributed by atoms with Crippen LogP contribution in [0.25, 0.3) is 0 Å². The first kappa shape index (κ1) is 25.8. The Morgan fingerprint density at radius 1 is 0.944 bits per heavy atom. The lowest BCUT2D eigenvalue weighted by molar-refractivity contribution is -0.135. The van der Waals surface area contributed by atoms with Gasteiger partial charge in [0.1, 0.15) is 10.0 Å². The normalized spacial score (nSPS) is 21.2. The topological polar surface area (TPSA) is 60.9 Å². The zero-order chi connectivity index (χ0) is 25.4. The van der Waals surface area contributed by atoms with E-state index in [1.54, 1.807) is 29.2 Å². The van der Waals surface area contributed by atoms with Gasteiger partial charge in [-0.2, -0.15) is 4.31 Å². The van der Waals surface area contributed by atoms with E-state index in [1.165, 1.54) is 10.4 Å². The van der Waals surface area contributed by atoms with Crippen LogP contribution in [0.5, 0.6) is 0 Å². The predicted octanol–water partition coefficient (Wildman–Crippen LogP) is 5.17. The highest BCUT2D eigenvalue weighted by Crippen LogP contribution is 2.41. The first-order valence-corrected chi connectivity index (χ1v) is 15.4. The number of thiophene rings is 1. The second kappa shape index (κ2) is 10.5. The number of anilines is 1. The first-order valence-electron chi connectivity index (χ1n) is 11.5. The summed E-state index contributed by atoms with van der Waals surface area (Å²) in [4.78, 5) is 17.5. The third-order valence-corrected chi connectivity index (χ3v) is 12.4. The number of carbonyl (C=O) groups excluding carboxylic acids is 1. The van der Waals surface area contributed by atoms with Crippen LogP contribution in [0.3, 0.4) is 0 Å². The van der Waals surface area contributed by atoms with Crippen LogP contribution in [-0.4, -0.2) is 62.8 Å². The molecule has 0 saturated carbocycles. The van der Waals surface area contributed by atoms with Crippen molar-refractivity contribution in [2.75, 3.05) is 44.2 Å². The third-order valence-electron chi connectivity index (χ3n) is 6.83. The number of piperazine rings is 1. The molecule has 0 unspecified atom stereocenters. The molecule has 0 spiro atoms. The molecule has 2 saturated heterocycles. The number of sulfonamides is 1. The number of para-hydroxylation sites is 1. The Hall–Kier alpha value is -1.79. The van der Waals surface area contributed by atoms with Crippen molar-refractivity contribution in [1.82, 2.24) is 9.21 Å². The van der Waals surface area contributed by atoms with Crippen LogP contribution in [0.4, 0.5) is 10.1 Å². The lowest BCUT2D eigenvalue weighted by Crippen LogP contribution is -2.51. The fourth-order valence-electron chi connectivity index (χ4n) is 4.94. The van der Waals surface area contributed by atoms with Crippen LogP contribution in [0, 0.1) is 11.7 Å². The molecular weight excluding hydrogens is 633 g/mol.